The highest BCUT2D eigenvalue weighted by atomic mass is 79.9. The molecule has 0 radical (unpaired) electrons. The summed E-state index contributed by atoms with van der Waals surface area (Å²) in [4.78, 5) is 12.2. The lowest BCUT2D eigenvalue weighted by Gasteiger charge is -2.10. The highest BCUT2D eigenvalue weighted by molar-refractivity contribution is 9.10. The van der Waals surface area contributed by atoms with Crippen LogP contribution in [0.1, 0.15) is 21.8 Å². The summed E-state index contributed by atoms with van der Waals surface area (Å²) in [7, 11) is 2.89. The third kappa shape index (κ3) is 3.50. The molecule has 0 aliphatic carbocycles. The number of nitrogens with zero attached hydrogens (tertiary/aromatic N) is 2. The fourth-order valence-electron chi connectivity index (χ4n) is 1.54. The maximum atomic E-state index is 12.4. The van der Waals surface area contributed by atoms with Crippen molar-refractivity contribution < 1.29 is 23.0 Å². The third-order valence-corrected chi connectivity index (χ3v) is 4.18. The lowest BCUT2D eigenvalue weighted by Crippen LogP contribution is -2.12. The monoisotopic (exact) mass is 393 g/mol. The summed E-state index contributed by atoms with van der Waals surface area (Å²) in [6.45, 7) is 0. The fraction of sp³-hybridized carbons (Fsp3) is 0.250. The molecule has 0 aliphatic rings. The van der Waals surface area contributed by atoms with Crippen molar-refractivity contribution in [2.45, 2.75) is 6.43 Å². The summed E-state index contributed by atoms with van der Waals surface area (Å²) in [5, 5.41) is 8.71. The third-order valence-electron chi connectivity index (χ3n) is 2.56. The van der Waals surface area contributed by atoms with Crippen LogP contribution in [0.4, 0.5) is 13.9 Å². The predicted molar refractivity (Wildman–Crippen MR) is 80.1 cm³/mol. The van der Waals surface area contributed by atoms with Crippen LogP contribution in [0.5, 0.6) is 11.5 Å². The van der Waals surface area contributed by atoms with Gasteiger partial charge in [-0.25, -0.2) is 8.78 Å². The molecule has 0 spiro atoms. The lowest BCUT2D eigenvalue weighted by atomic mass is 10.2. The molecular formula is C12H10BrF2N3O3S. The Morgan fingerprint density at radius 3 is 2.32 bits per heavy atom. The summed E-state index contributed by atoms with van der Waals surface area (Å²) in [6, 6.07) is 2.97. The van der Waals surface area contributed by atoms with E-state index in [2.05, 4.69) is 31.4 Å². The Hall–Kier alpha value is -1.81. The second kappa shape index (κ2) is 6.97. The van der Waals surface area contributed by atoms with Crippen LogP contribution in [-0.2, 0) is 0 Å². The highest BCUT2D eigenvalue weighted by Gasteiger charge is 2.18. The van der Waals surface area contributed by atoms with Gasteiger partial charge in [0, 0.05) is 5.56 Å². The van der Waals surface area contributed by atoms with Gasteiger partial charge in [0.25, 0.3) is 12.3 Å². The van der Waals surface area contributed by atoms with E-state index in [0.717, 1.165) is 0 Å². The number of nitrogens with one attached hydrogen (secondary N) is 1. The van der Waals surface area contributed by atoms with Crippen LogP contribution in [0.25, 0.3) is 0 Å². The van der Waals surface area contributed by atoms with Gasteiger partial charge in [0.05, 0.1) is 14.2 Å². The van der Waals surface area contributed by atoms with E-state index >= 15 is 0 Å². The summed E-state index contributed by atoms with van der Waals surface area (Å²) in [5.74, 6) is 0.256. The van der Waals surface area contributed by atoms with Gasteiger partial charge in [0.2, 0.25) is 5.13 Å². The van der Waals surface area contributed by atoms with Crippen LogP contribution in [-0.4, -0.2) is 30.3 Å². The van der Waals surface area contributed by atoms with Crippen LogP contribution >= 0.6 is 27.3 Å². The molecule has 0 bridgehead atoms. The summed E-state index contributed by atoms with van der Waals surface area (Å²) >= 11 is 3.90. The van der Waals surface area contributed by atoms with E-state index in [0.29, 0.717) is 27.3 Å². The van der Waals surface area contributed by atoms with E-state index in [1.165, 1.54) is 26.4 Å². The van der Waals surface area contributed by atoms with Crippen LogP contribution in [0.2, 0.25) is 0 Å². The first kappa shape index (κ1) is 16.6. The molecule has 0 saturated heterocycles. The number of anilines is 1. The van der Waals surface area contributed by atoms with Crippen LogP contribution < -0.4 is 14.8 Å². The molecule has 2 rings (SSSR count). The maximum absolute atomic E-state index is 12.4. The topological polar surface area (TPSA) is 73.3 Å². The van der Waals surface area contributed by atoms with Crippen molar-refractivity contribution in [3.63, 3.8) is 0 Å². The van der Waals surface area contributed by atoms with E-state index in [-0.39, 0.29) is 10.7 Å². The van der Waals surface area contributed by atoms with Crippen LogP contribution in [0.3, 0.4) is 0 Å². The minimum absolute atomic E-state index is 0.0128. The molecule has 10 heteroatoms. The average Bonchev–Trinajstić information content (AvgIpc) is 2.96. The number of aromatic nitrogens is 2. The molecule has 1 heterocycles. The van der Waals surface area contributed by atoms with Gasteiger partial charge in [-0.1, -0.05) is 11.3 Å². The van der Waals surface area contributed by atoms with E-state index in [4.69, 9.17) is 9.47 Å². The molecule has 0 fully saturated rings. The van der Waals surface area contributed by atoms with Gasteiger partial charge in [0.1, 0.15) is 16.0 Å². The SMILES string of the molecule is COc1cc(C(=O)Nc2nnc(C(F)F)s2)cc(OC)c1Br. The normalized spacial score (nSPS) is 10.6. The number of halogens is 3. The maximum Gasteiger partial charge on any atom is 0.291 e. The molecule has 0 saturated carbocycles. The number of hydrogen-bond donors (Lipinski definition) is 1. The number of hydrogen-bond acceptors (Lipinski definition) is 6. The zero-order chi connectivity index (χ0) is 16.3. The molecular weight excluding hydrogens is 384 g/mol. The molecule has 0 aliphatic heterocycles. The molecule has 1 amide bonds. The number of carbonyl (C=O) groups is 1. The minimum atomic E-state index is -2.73. The number of ether oxygens (including phenoxy) is 2. The van der Waals surface area contributed by atoms with Crippen molar-refractivity contribution in [2.24, 2.45) is 0 Å². The number of carbonyl (C=O) groups excluding carboxylic acids is 1. The van der Waals surface area contributed by atoms with Gasteiger partial charge in [-0.2, -0.15) is 0 Å². The first-order valence-electron chi connectivity index (χ1n) is 5.80. The Balaban J connectivity index is 2.25. The molecule has 1 aromatic heterocycles. The summed E-state index contributed by atoms with van der Waals surface area (Å²) < 4.78 is 35.7. The van der Waals surface area contributed by atoms with Crippen LogP contribution in [0.15, 0.2) is 16.6 Å². The first-order chi connectivity index (χ1) is 10.5. The minimum Gasteiger partial charge on any atom is -0.495 e. The largest absolute Gasteiger partial charge is 0.495 e. The Kier molecular flexibility index (Phi) is 5.24. The van der Waals surface area contributed by atoms with Crippen molar-refractivity contribution in [1.82, 2.24) is 10.2 Å². The molecule has 22 heavy (non-hydrogen) atoms. The number of amides is 1. The molecule has 118 valence electrons. The Morgan fingerprint density at radius 1 is 1.27 bits per heavy atom. The predicted octanol–water partition coefficient (Wildman–Crippen LogP) is 3.51. The van der Waals surface area contributed by atoms with E-state index in [9.17, 15) is 13.6 Å². The van der Waals surface area contributed by atoms with Crippen LogP contribution in [0, 0.1) is 0 Å². The zero-order valence-electron chi connectivity index (χ0n) is 11.4. The van der Waals surface area contributed by atoms with Gasteiger partial charge < -0.3 is 9.47 Å². The number of benzene rings is 1. The second-order valence-electron chi connectivity index (χ2n) is 3.90. The van der Waals surface area contributed by atoms with E-state index < -0.39 is 17.3 Å². The number of methoxy groups -OCH3 is 2. The number of rotatable bonds is 5. The van der Waals surface area contributed by atoms with Gasteiger partial charge in [-0.3, -0.25) is 10.1 Å². The van der Waals surface area contributed by atoms with Crippen molar-refractivity contribution in [3.8, 4) is 11.5 Å². The Morgan fingerprint density at radius 2 is 1.86 bits per heavy atom. The van der Waals surface area contributed by atoms with Gasteiger partial charge >= 0.3 is 0 Å². The quantitative estimate of drug-likeness (QED) is 0.841. The molecule has 1 N–H and O–H groups in total. The summed E-state index contributed by atoms with van der Waals surface area (Å²) in [5.41, 5.74) is 0.227. The van der Waals surface area contributed by atoms with Gasteiger partial charge in [-0.15, -0.1) is 10.2 Å². The lowest BCUT2D eigenvalue weighted by molar-refractivity contribution is 0.102. The van der Waals surface area contributed by atoms with Crippen molar-refractivity contribution in [1.29, 1.82) is 0 Å². The van der Waals surface area contributed by atoms with Crippen molar-refractivity contribution in [2.75, 3.05) is 19.5 Å². The Labute approximate surface area is 136 Å². The first-order valence-corrected chi connectivity index (χ1v) is 7.41. The molecule has 0 unspecified atom stereocenters. The standard InChI is InChI=1S/C12H10BrF2N3O3S/c1-20-6-3-5(4-7(21-2)8(6)13)10(19)16-12-18-17-11(22-12)9(14)15/h3-4,9H,1-2H3,(H,16,18,19). The van der Waals surface area contributed by atoms with E-state index in [1.807, 2.05) is 0 Å². The van der Waals surface area contributed by atoms with E-state index in [1.54, 1.807) is 0 Å². The number of alkyl halides is 2. The van der Waals surface area contributed by atoms with Crippen molar-refractivity contribution in [3.05, 3.63) is 27.2 Å². The fourth-order valence-corrected chi connectivity index (χ4v) is 2.69. The highest BCUT2D eigenvalue weighted by Crippen LogP contribution is 2.36. The Bertz CT molecular complexity index is 671. The van der Waals surface area contributed by atoms with Gasteiger partial charge in [0.15, 0.2) is 5.01 Å². The zero-order valence-corrected chi connectivity index (χ0v) is 13.8. The second-order valence-corrected chi connectivity index (χ2v) is 5.70. The molecule has 1 aromatic carbocycles. The molecule has 2 aromatic rings. The molecule has 6 nitrogen and oxygen atoms in total. The van der Waals surface area contributed by atoms with Crippen molar-refractivity contribution >= 4 is 38.3 Å². The average molecular weight is 394 g/mol. The smallest absolute Gasteiger partial charge is 0.291 e. The molecule has 0 atom stereocenters. The summed E-state index contributed by atoms with van der Waals surface area (Å²) in [6.07, 6.45) is -2.73. The van der Waals surface area contributed by atoms with Gasteiger partial charge in [-0.05, 0) is 28.1 Å².